The molecule has 2 aromatic heterocycles. The highest BCUT2D eigenvalue weighted by atomic mass is 32.1. The van der Waals surface area contributed by atoms with Gasteiger partial charge in [0, 0.05) is 29.3 Å². The van der Waals surface area contributed by atoms with Crippen LogP contribution in [0.3, 0.4) is 0 Å². The topological polar surface area (TPSA) is 63.6 Å². The summed E-state index contributed by atoms with van der Waals surface area (Å²) in [4.78, 5) is 21.2. The number of unbranched alkanes of at least 4 members (excludes halogenated alkanes) is 1. The molecule has 5 nitrogen and oxygen atoms in total. The molecule has 1 aliphatic carbocycles. The Morgan fingerprint density at radius 3 is 2.59 bits per heavy atom. The molecule has 176 valence electrons. The second kappa shape index (κ2) is 8.91. The second-order valence-corrected chi connectivity index (χ2v) is 11.1. The van der Waals surface area contributed by atoms with Gasteiger partial charge in [-0.2, -0.15) is 0 Å². The Morgan fingerprint density at radius 2 is 1.82 bits per heavy atom. The predicted molar refractivity (Wildman–Crippen MR) is 140 cm³/mol. The summed E-state index contributed by atoms with van der Waals surface area (Å²) in [6, 6.07) is 14.6. The average Bonchev–Trinajstić information content (AvgIpc) is 3.34. The van der Waals surface area contributed by atoms with Gasteiger partial charge < -0.3 is 10.6 Å². The Balaban J connectivity index is 1.13. The number of likely N-dealkylation sites (tertiary alicyclic amines) is 1. The van der Waals surface area contributed by atoms with Crippen LogP contribution in [0, 0.1) is 0 Å². The number of rotatable bonds is 8. The first-order chi connectivity index (χ1) is 16.6. The molecule has 0 radical (unpaired) electrons. The van der Waals surface area contributed by atoms with Gasteiger partial charge in [-0.3, -0.25) is 9.20 Å². The van der Waals surface area contributed by atoms with Gasteiger partial charge in [0.1, 0.15) is 0 Å². The van der Waals surface area contributed by atoms with Crippen LogP contribution in [0.5, 0.6) is 0 Å². The molecule has 2 aliphatic rings. The van der Waals surface area contributed by atoms with Crippen molar-refractivity contribution in [2.45, 2.75) is 56.9 Å². The van der Waals surface area contributed by atoms with Crippen molar-refractivity contribution in [3.05, 3.63) is 59.8 Å². The van der Waals surface area contributed by atoms with Crippen LogP contribution >= 0.6 is 11.3 Å². The van der Waals surface area contributed by atoms with Crippen LogP contribution in [0.25, 0.3) is 26.4 Å². The van der Waals surface area contributed by atoms with E-state index >= 15 is 0 Å². The summed E-state index contributed by atoms with van der Waals surface area (Å²) < 4.78 is 3.25. The van der Waals surface area contributed by atoms with Gasteiger partial charge in [-0.15, -0.1) is 0 Å². The van der Waals surface area contributed by atoms with Crippen molar-refractivity contribution in [1.82, 2.24) is 14.3 Å². The Bertz CT molecular complexity index is 1330. The lowest BCUT2D eigenvalue weighted by Crippen LogP contribution is -2.30. The summed E-state index contributed by atoms with van der Waals surface area (Å²) in [6.45, 7) is 3.59. The maximum Gasteiger partial charge on any atom is 0.195 e. The number of hydrogen-bond donors (Lipinski definition) is 1. The van der Waals surface area contributed by atoms with Crippen LogP contribution in [0.15, 0.2) is 48.7 Å². The Morgan fingerprint density at radius 1 is 1.03 bits per heavy atom. The number of thiazole rings is 1. The molecule has 1 saturated heterocycles. The number of carbonyl (C=O) groups is 1. The number of piperidine rings is 1. The Hall–Kier alpha value is -2.54. The average molecular weight is 473 g/mol. The van der Waals surface area contributed by atoms with Crippen molar-refractivity contribution in [2.24, 2.45) is 5.73 Å². The van der Waals surface area contributed by atoms with Gasteiger partial charge in [-0.05, 0) is 81.9 Å². The van der Waals surface area contributed by atoms with Crippen LogP contribution in [0.2, 0.25) is 0 Å². The van der Waals surface area contributed by atoms with Crippen molar-refractivity contribution in [1.29, 1.82) is 0 Å². The lowest BCUT2D eigenvalue weighted by molar-refractivity contribution is 0.0977. The second-order valence-electron chi connectivity index (χ2n) is 10.1. The molecule has 0 spiro atoms. The van der Waals surface area contributed by atoms with Gasteiger partial charge in [0.05, 0.1) is 15.9 Å². The van der Waals surface area contributed by atoms with E-state index in [0.717, 1.165) is 64.2 Å². The maximum atomic E-state index is 12.8. The first-order valence-electron chi connectivity index (χ1n) is 12.7. The molecular formula is C28H32N4OS. The summed E-state index contributed by atoms with van der Waals surface area (Å²) in [5.41, 5.74) is 11.4. The minimum atomic E-state index is -0.105. The SMILES string of the molecule is NC1(c2ccc(-c3cn4c(n3)sc3cc(C(=O)CCCCN5CCCCC5)ccc34)cc2)CC1. The van der Waals surface area contributed by atoms with Crippen LogP contribution < -0.4 is 5.73 Å². The van der Waals surface area contributed by atoms with Gasteiger partial charge >= 0.3 is 0 Å². The summed E-state index contributed by atoms with van der Waals surface area (Å²) in [5, 5.41) is 0. The van der Waals surface area contributed by atoms with Crippen LogP contribution in [-0.4, -0.2) is 39.7 Å². The third-order valence-corrected chi connectivity index (χ3v) is 8.55. The molecular weight excluding hydrogens is 440 g/mol. The van der Waals surface area contributed by atoms with Gasteiger partial charge in [-0.1, -0.05) is 42.0 Å². The van der Waals surface area contributed by atoms with E-state index in [1.54, 1.807) is 11.3 Å². The fourth-order valence-electron chi connectivity index (χ4n) is 5.16. The highest BCUT2D eigenvalue weighted by Gasteiger charge is 2.39. The molecule has 6 heteroatoms. The highest BCUT2D eigenvalue weighted by Crippen LogP contribution is 2.43. The lowest BCUT2D eigenvalue weighted by Gasteiger charge is -2.26. The molecule has 0 unspecified atom stereocenters. The van der Waals surface area contributed by atoms with Crippen molar-refractivity contribution in [3.63, 3.8) is 0 Å². The van der Waals surface area contributed by atoms with Gasteiger partial charge in [-0.25, -0.2) is 4.98 Å². The minimum Gasteiger partial charge on any atom is -0.321 e. The van der Waals surface area contributed by atoms with E-state index in [-0.39, 0.29) is 11.3 Å². The molecule has 0 atom stereocenters. The molecule has 3 heterocycles. The third-order valence-electron chi connectivity index (χ3n) is 7.54. The van der Waals surface area contributed by atoms with Crippen molar-refractivity contribution < 1.29 is 4.79 Å². The van der Waals surface area contributed by atoms with E-state index in [4.69, 9.17) is 10.7 Å². The summed E-state index contributed by atoms with van der Waals surface area (Å²) >= 11 is 1.65. The van der Waals surface area contributed by atoms with E-state index in [1.807, 2.05) is 12.1 Å². The van der Waals surface area contributed by atoms with E-state index in [0.29, 0.717) is 6.42 Å². The van der Waals surface area contributed by atoms with Crippen LogP contribution in [0.1, 0.15) is 67.3 Å². The number of carbonyl (C=O) groups excluding carboxylic acids is 1. The summed E-state index contributed by atoms with van der Waals surface area (Å²) in [6.07, 6.45) is 11.0. The smallest absolute Gasteiger partial charge is 0.195 e. The number of ketones is 1. The van der Waals surface area contributed by atoms with Crippen molar-refractivity contribution in [2.75, 3.05) is 19.6 Å². The number of imidazole rings is 1. The highest BCUT2D eigenvalue weighted by molar-refractivity contribution is 7.23. The van der Waals surface area contributed by atoms with E-state index < -0.39 is 0 Å². The number of fused-ring (bicyclic) bond motifs is 3. The normalized spacial score (nSPS) is 18.0. The first kappa shape index (κ1) is 22.0. The lowest BCUT2D eigenvalue weighted by atomic mass is 10.0. The molecule has 2 fully saturated rings. The zero-order chi connectivity index (χ0) is 23.1. The van der Waals surface area contributed by atoms with E-state index in [1.165, 1.54) is 37.9 Å². The summed E-state index contributed by atoms with van der Waals surface area (Å²) in [7, 11) is 0. The van der Waals surface area contributed by atoms with Crippen LogP contribution in [0.4, 0.5) is 0 Å². The quantitative estimate of drug-likeness (QED) is 0.252. The molecule has 2 aromatic carbocycles. The predicted octanol–water partition coefficient (Wildman–Crippen LogP) is 6.00. The zero-order valence-electron chi connectivity index (χ0n) is 19.6. The molecule has 6 rings (SSSR count). The number of Topliss-reactive ketones (excluding diaryl/α,β-unsaturated/α-hetero) is 1. The molecule has 1 saturated carbocycles. The number of nitrogens with two attached hydrogens (primary N) is 1. The van der Waals surface area contributed by atoms with Crippen molar-refractivity contribution >= 4 is 32.3 Å². The third kappa shape index (κ3) is 4.30. The van der Waals surface area contributed by atoms with E-state index in [2.05, 4.69) is 45.8 Å². The van der Waals surface area contributed by atoms with Crippen LogP contribution in [-0.2, 0) is 5.54 Å². The fourth-order valence-corrected chi connectivity index (χ4v) is 6.21. The van der Waals surface area contributed by atoms with Gasteiger partial charge in [0.15, 0.2) is 10.7 Å². The number of hydrogen-bond acceptors (Lipinski definition) is 5. The fraction of sp³-hybridized carbons (Fsp3) is 0.429. The molecule has 0 amide bonds. The number of nitrogens with zero attached hydrogens (tertiary/aromatic N) is 3. The zero-order valence-corrected chi connectivity index (χ0v) is 20.4. The number of aromatic nitrogens is 2. The minimum absolute atomic E-state index is 0.105. The van der Waals surface area contributed by atoms with Gasteiger partial charge in [0.25, 0.3) is 0 Å². The summed E-state index contributed by atoms with van der Waals surface area (Å²) in [5.74, 6) is 0.251. The largest absolute Gasteiger partial charge is 0.321 e. The molecule has 0 bridgehead atoms. The Kier molecular flexibility index (Phi) is 5.76. The molecule has 1 aliphatic heterocycles. The standard InChI is InChI=1S/C28H32N4OS/c29-28(13-14-28)22-10-7-20(8-11-22)23-19-32-24-12-9-21(18-26(24)34-27(32)30-23)25(33)6-2-5-17-31-15-3-1-4-16-31/h7-12,18-19H,1-6,13-17,29H2. The Labute approximate surface area is 204 Å². The molecule has 4 aromatic rings. The van der Waals surface area contributed by atoms with Crippen molar-refractivity contribution in [3.8, 4) is 11.3 Å². The van der Waals surface area contributed by atoms with E-state index in [9.17, 15) is 4.79 Å². The van der Waals surface area contributed by atoms with Gasteiger partial charge in [0.2, 0.25) is 0 Å². The molecule has 2 N–H and O–H groups in total. The monoisotopic (exact) mass is 472 g/mol. The first-order valence-corrected chi connectivity index (χ1v) is 13.5. The number of benzene rings is 2. The molecule has 34 heavy (non-hydrogen) atoms. The maximum absolute atomic E-state index is 12.8.